The number of benzene rings is 1. The molecule has 0 amide bonds. The first-order valence-electron chi connectivity index (χ1n) is 7.93. The molecule has 0 aliphatic heterocycles. The van der Waals surface area contributed by atoms with E-state index in [9.17, 15) is 0 Å². The SMILES string of the molecule is CC1(C)CCCC(NCCCCc2ccccc2)C1. The van der Waals surface area contributed by atoms with E-state index < -0.39 is 0 Å². The molecule has 1 heteroatoms. The van der Waals surface area contributed by atoms with Gasteiger partial charge in [-0.15, -0.1) is 0 Å². The molecule has 1 aromatic rings. The van der Waals surface area contributed by atoms with Crippen molar-refractivity contribution in [3.05, 3.63) is 35.9 Å². The Bertz CT molecular complexity index is 355. The average molecular weight is 259 g/mol. The van der Waals surface area contributed by atoms with Gasteiger partial charge in [-0.25, -0.2) is 0 Å². The summed E-state index contributed by atoms with van der Waals surface area (Å²) in [6.07, 6.45) is 9.35. The van der Waals surface area contributed by atoms with E-state index in [0.29, 0.717) is 5.41 Å². The van der Waals surface area contributed by atoms with Gasteiger partial charge >= 0.3 is 0 Å². The Morgan fingerprint density at radius 1 is 1.16 bits per heavy atom. The molecule has 0 heterocycles. The van der Waals surface area contributed by atoms with Crippen LogP contribution in [0.15, 0.2) is 30.3 Å². The van der Waals surface area contributed by atoms with E-state index in [1.165, 1.54) is 57.1 Å². The summed E-state index contributed by atoms with van der Waals surface area (Å²) in [6.45, 7) is 6.01. The van der Waals surface area contributed by atoms with Crippen molar-refractivity contribution in [1.29, 1.82) is 0 Å². The summed E-state index contributed by atoms with van der Waals surface area (Å²) < 4.78 is 0. The molecule has 1 aromatic carbocycles. The van der Waals surface area contributed by atoms with Crippen LogP contribution in [0.2, 0.25) is 0 Å². The largest absolute Gasteiger partial charge is 0.314 e. The maximum Gasteiger partial charge on any atom is 0.00721 e. The lowest BCUT2D eigenvalue weighted by molar-refractivity contribution is 0.198. The summed E-state index contributed by atoms with van der Waals surface area (Å²) in [6, 6.07) is 11.6. The van der Waals surface area contributed by atoms with Crippen LogP contribution in [0.3, 0.4) is 0 Å². The molecule has 0 bridgehead atoms. The molecule has 1 N–H and O–H groups in total. The fraction of sp³-hybridized carbons (Fsp3) is 0.667. The Labute approximate surface area is 118 Å². The highest BCUT2D eigenvalue weighted by molar-refractivity contribution is 5.14. The highest BCUT2D eigenvalue weighted by atomic mass is 14.9. The smallest absolute Gasteiger partial charge is 0.00721 e. The second kappa shape index (κ2) is 7.09. The van der Waals surface area contributed by atoms with E-state index in [2.05, 4.69) is 49.5 Å². The molecular formula is C18H29N. The van der Waals surface area contributed by atoms with Crippen LogP contribution in [-0.2, 0) is 6.42 Å². The third kappa shape index (κ3) is 5.36. The van der Waals surface area contributed by atoms with Crippen LogP contribution in [0.25, 0.3) is 0 Å². The van der Waals surface area contributed by atoms with Gasteiger partial charge in [-0.05, 0) is 56.0 Å². The van der Waals surface area contributed by atoms with E-state index in [1.807, 2.05) is 0 Å². The van der Waals surface area contributed by atoms with Crippen molar-refractivity contribution >= 4 is 0 Å². The van der Waals surface area contributed by atoms with Crippen molar-refractivity contribution in [2.45, 2.75) is 64.8 Å². The van der Waals surface area contributed by atoms with Crippen LogP contribution < -0.4 is 5.32 Å². The molecular weight excluding hydrogens is 230 g/mol. The van der Waals surface area contributed by atoms with E-state index in [4.69, 9.17) is 0 Å². The first-order chi connectivity index (χ1) is 9.16. The first-order valence-corrected chi connectivity index (χ1v) is 7.93. The lowest BCUT2D eigenvalue weighted by Crippen LogP contribution is -2.37. The zero-order chi connectivity index (χ0) is 13.6. The fourth-order valence-corrected chi connectivity index (χ4v) is 3.28. The highest BCUT2D eigenvalue weighted by Crippen LogP contribution is 2.34. The van der Waals surface area contributed by atoms with Gasteiger partial charge in [-0.2, -0.15) is 0 Å². The second-order valence-corrected chi connectivity index (χ2v) is 6.85. The minimum atomic E-state index is 0.556. The van der Waals surface area contributed by atoms with E-state index >= 15 is 0 Å². The summed E-state index contributed by atoms with van der Waals surface area (Å²) in [5.41, 5.74) is 2.03. The average Bonchev–Trinajstić information content (AvgIpc) is 2.38. The molecule has 0 spiro atoms. The predicted molar refractivity (Wildman–Crippen MR) is 83.4 cm³/mol. The van der Waals surface area contributed by atoms with Crippen LogP contribution in [-0.4, -0.2) is 12.6 Å². The molecule has 2 rings (SSSR count). The van der Waals surface area contributed by atoms with Crippen molar-refractivity contribution in [2.24, 2.45) is 5.41 Å². The Morgan fingerprint density at radius 2 is 1.95 bits per heavy atom. The molecule has 0 saturated heterocycles. The molecule has 1 aliphatic rings. The zero-order valence-corrected chi connectivity index (χ0v) is 12.6. The van der Waals surface area contributed by atoms with E-state index in [1.54, 1.807) is 0 Å². The van der Waals surface area contributed by atoms with Crippen LogP contribution in [0.5, 0.6) is 0 Å². The van der Waals surface area contributed by atoms with Crippen molar-refractivity contribution in [2.75, 3.05) is 6.54 Å². The molecule has 19 heavy (non-hydrogen) atoms. The Balaban J connectivity index is 1.57. The van der Waals surface area contributed by atoms with Crippen molar-refractivity contribution < 1.29 is 0 Å². The molecule has 106 valence electrons. The summed E-state index contributed by atoms with van der Waals surface area (Å²) in [5, 5.41) is 3.76. The van der Waals surface area contributed by atoms with E-state index in [0.717, 1.165) is 6.04 Å². The standard InChI is InChI=1S/C18H29N/c1-18(2)13-8-12-17(15-18)19-14-7-6-11-16-9-4-3-5-10-16/h3-5,9-10,17,19H,6-8,11-15H2,1-2H3. The molecule has 1 atom stereocenters. The summed E-state index contributed by atoms with van der Waals surface area (Å²) >= 11 is 0. The molecule has 1 unspecified atom stereocenters. The van der Waals surface area contributed by atoms with Gasteiger partial charge in [-0.1, -0.05) is 50.6 Å². The topological polar surface area (TPSA) is 12.0 Å². The van der Waals surface area contributed by atoms with Crippen molar-refractivity contribution in [3.8, 4) is 0 Å². The normalized spacial score (nSPS) is 22.3. The van der Waals surface area contributed by atoms with Gasteiger partial charge in [-0.3, -0.25) is 0 Å². The number of rotatable bonds is 6. The predicted octanol–water partition coefficient (Wildman–Crippen LogP) is 4.57. The van der Waals surface area contributed by atoms with Crippen molar-refractivity contribution in [3.63, 3.8) is 0 Å². The summed E-state index contributed by atoms with van der Waals surface area (Å²) in [4.78, 5) is 0. The summed E-state index contributed by atoms with van der Waals surface area (Å²) in [5.74, 6) is 0. The molecule has 1 fully saturated rings. The van der Waals surface area contributed by atoms with Gasteiger partial charge < -0.3 is 5.32 Å². The number of hydrogen-bond acceptors (Lipinski definition) is 1. The van der Waals surface area contributed by atoms with Crippen LogP contribution >= 0.6 is 0 Å². The van der Waals surface area contributed by atoms with Crippen molar-refractivity contribution in [1.82, 2.24) is 5.32 Å². The minimum absolute atomic E-state index is 0.556. The number of aryl methyl sites for hydroxylation is 1. The van der Waals surface area contributed by atoms with Crippen LogP contribution in [0, 0.1) is 5.41 Å². The third-order valence-corrected chi connectivity index (χ3v) is 4.37. The molecule has 0 radical (unpaired) electrons. The van der Waals surface area contributed by atoms with Gasteiger partial charge in [0.2, 0.25) is 0 Å². The number of hydrogen-bond donors (Lipinski definition) is 1. The van der Waals surface area contributed by atoms with Gasteiger partial charge in [0.05, 0.1) is 0 Å². The number of unbranched alkanes of at least 4 members (excludes halogenated alkanes) is 1. The van der Waals surface area contributed by atoms with Crippen LogP contribution in [0.1, 0.15) is 57.9 Å². The maximum atomic E-state index is 3.76. The molecule has 1 aliphatic carbocycles. The monoisotopic (exact) mass is 259 g/mol. The third-order valence-electron chi connectivity index (χ3n) is 4.37. The van der Waals surface area contributed by atoms with Gasteiger partial charge in [0.15, 0.2) is 0 Å². The van der Waals surface area contributed by atoms with Gasteiger partial charge in [0, 0.05) is 6.04 Å². The zero-order valence-electron chi connectivity index (χ0n) is 12.6. The molecule has 1 nitrogen and oxygen atoms in total. The fourth-order valence-electron chi connectivity index (χ4n) is 3.28. The Morgan fingerprint density at radius 3 is 2.68 bits per heavy atom. The summed E-state index contributed by atoms with van der Waals surface area (Å²) in [7, 11) is 0. The highest BCUT2D eigenvalue weighted by Gasteiger charge is 2.27. The quantitative estimate of drug-likeness (QED) is 0.738. The molecule has 1 saturated carbocycles. The van der Waals surface area contributed by atoms with Crippen LogP contribution in [0.4, 0.5) is 0 Å². The second-order valence-electron chi connectivity index (χ2n) is 6.85. The van der Waals surface area contributed by atoms with Gasteiger partial charge in [0.25, 0.3) is 0 Å². The first kappa shape index (κ1) is 14.6. The van der Waals surface area contributed by atoms with E-state index in [-0.39, 0.29) is 0 Å². The Hall–Kier alpha value is -0.820. The molecule has 0 aromatic heterocycles. The lowest BCUT2D eigenvalue weighted by Gasteiger charge is -2.35. The minimum Gasteiger partial charge on any atom is -0.314 e. The van der Waals surface area contributed by atoms with Gasteiger partial charge in [0.1, 0.15) is 0 Å². The number of nitrogens with one attached hydrogen (secondary N) is 1. The maximum absolute atomic E-state index is 3.76. The Kier molecular flexibility index (Phi) is 5.45. The lowest BCUT2D eigenvalue weighted by atomic mass is 9.75.